The van der Waals surface area contributed by atoms with Gasteiger partial charge in [0.15, 0.2) is 0 Å². The smallest absolute Gasteiger partial charge is 0.0163 e. The van der Waals surface area contributed by atoms with E-state index in [-0.39, 0.29) is 0 Å². The normalized spacial score (nSPS) is 13.0. The maximum Gasteiger partial charge on any atom is 0.0163 e. The van der Waals surface area contributed by atoms with E-state index in [1.165, 1.54) is 0 Å². The Kier molecular flexibility index (Phi) is 5.83. The molecule has 0 saturated heterocycles. The van der Waals surface area contributed by atoms with Gasteiger partial charge in [0.1, 0.15) is 0 Å². The molecule has 0 aromatic carbocycles. The average Bonchev–Trinajstić information content (AvgIpc) is 1.61. The topological polar surface area (TPSA) is 0 Å². The molecule has 6 heavy (non-hydrogen) atoms. The van der Waals surface area contributed by atoms with Gasteiger partial charge in [-0.3, -0.25) is 0 Å². The fourth-order valence-corrected chi connectivity index (χ4v) is 4.50. The molecule has 0 aliphatic heterocycles. The second-order valence-corrected chi connectivity index (χ2v) is 5.12. The summed E-state index contributed by atoms with van der Waals surface area (Å²) in [5.41, 5.74) is 0. The van der Waals surface area contributed by atoms with Gasteiger partial charge in [-0.05, 0) is 0 Å². The monoisotopic (exact) mass is 118 g/mol. The molecule has 0 aromatic rings. The minimum atomic E-state index is 0.438. The molecule has 0 aliphatic rings. The third-order valence-corrected chi connectivity index (χ3v) is 4.37. The van der Waals surface area contributed by atoms with E-state index in [0.717, 1.165) is 0 Å². The van der Waals surface area contributed by atoms with Crippen molar-refractivity contribution in [3.8, 4) is 0 Å². The van der Waals surface area contributed by atoms with Crippen molar-refractivity contribution in [2.45, 2.75) is 25.2 Å². The van der Waals surface area contributed by atoms with Crippen LogP contribution in [0.1, 0.15) is 0 Å². The highest BCUT2D eigenvalue weighted by atomic mass is 28.2. The van der Waals surface area contributed by atoms with Crippen LogP contribution < -0.4 is 0 Å². The fourth-order valence-electron chi connectivity index (χ4n) is 0.500. The van der Waals surface area contributed by atoms with Crippen molar-refractivity contribution < 1.29 is 0 Å². The molecule has 2 heteroatoms. The molecule has 0 unspecified atom stereocenters. The Balaban J connectivity index is 2.34. The van der Waals surface area contributed by atoms with Crippen LogP contribution in [0.25, 0.3) is 0 Å². The van der Waals surface area contributed by atoms with Gasteiger partial charge < -0.3 is 0 Å². The first kappa shape index (κ1) is 6.43. The van der Waals surface area contributed by atoms with Crippen molar-refractivity contribution >= 4 is 19.0 Å². The van der Waals surface area contributed by atoms with Gasteiger partial charge in [-0.15, -0.1) is 0 Å². The highest BCUT2D eigenvalue weighted by Gasteiger charge is 1.77. The molecule has 0 bridgehead atoms. The zero-order chi connectivity index (χ0) is 4.83. The van der Waals surface area contributed by atoms with E-state index in [1.54, 1.807) is 12.1 Å². The van der Waals surface area contributed by atoms with Gasteiger partial charge in [-0.2, -0.15) is 0 Å². The largest absolute Gasteiger partial charge is 0.0748 e. The maximum atomic E-state index is 2.39. The van der Waals surface area contributed by atoms with Gasteiger partial charge in [-0.1, -0.05) is 25.2 Å². The predicted molar refractivity (Wildman–Crippen MR) is 38.4 cm³/mol. The molecule has 0 aliphatic carbocycles. The Hall–Kier alpha value is 0.434. The standard InChI is InChI=1S/C4H14Si2/c1-5-3-4-6-2/h3-6H2,1-2H3. The minimum Gasteiger partial charge on any atom is -0.0748 e. The summed E-state index contributed by atoms with van der Waals surface area (Å²) in [4.78, 5) is 0. The number of hydrogen-bond donors (Lipinski definition) is 0. The molecular formula is C4H14Si2. The zero-order valence-electron chi connectivity index (χ0n) is 4.83. The summed E-state index contributed by atoms with van der Waals surface area (Å²) in [5, 5.41) is 0. The minimum absolute atomic E-state index is 0.438. The van der Waals surface area contributed by atoms with Crippen LogP contribution in [0.3, 0.4) is 0 Å². The van der Waals surface area contributed by atoms with Crippen molar-refractivity contribution in [3.05, 3.63) is 0 Å². The van der Waals surface area contributed by atoms with E-state index in [9.17, 15) is 0 Å². The summed E-state index contributed by atoms with van der Waals surface area (Å²) in [5.74, 6) is 0. The molecule has 0 aromatic heterocycles. The molecule has 0 N–H and O–H groups in total. The van der Waals surface area contributed by atoms with Gasteiger partial charge in [0.25, 0.3) is 0 Å². The molecule has 38 valence electrons. The molecule has 0 nitrogen and oxygen atoms in total. The van der Waals surface area contributed by atoms with Gasteiger partial charge >= 0.3 is 0 Å². The molecule has 0 radical (unpaired) electrons. The fraction of sp³-hybridized carbons (Fsp3) is 1.00. The van der Waals surface area contributed by atoms with Crippen molar-refractivity contribution in [3.63, 3.8) is 0 Å². The van der Waals surface area contributed by atoms with Crippen molar-refractivity contribution in [2.75, 3.05) is 0 Å². The lowest BCUT2D eigenvalue weighted by molar-refractivity contribution is 1.41. The SMILES string of the molecule is C[SiH2]CC[SiH2]C. The van der Waals surface area contributed by atoms with Crippen LogP contribution in [0, 0.1) is 0 Å². The lowest BCUT2D eigenvalue weighted by Crippen LogP contribution is -1.83. The van der Waals surface area contributed by atoms with Gasteiger partial charge in [0, 0.05) is 19.0 Å². The highest BCUT2D eigenvalue weighted by molar-refractivity contribution is 6.40. The number of rotatable bonds is 3. The van der Waals surface area contributed by atoms with Crippen LogP contribution in [-0.2, 0) is 0 Å². The van der Waals surface area contributed by atoms with Crippen LogP contribution in [0.4, 0.5) is 0 Å². The first-order valence-corrected chi connectivity index (χ1v) is 7.74. The summed E-state index contributed by atoms with van der Waals surface area (Å²) >= 11 is 0. The van der Waals surface area contributed by atoms with E-state index < -0.39 is 0 Å². The molecule has 0 fully saturated rings. The van der Waals surface area contributed by atoms with Crippen molar-refractivity contribution in [1.82, 2.24) is 0 Å². The maximum absolute atomic E-state index is 2.39. The predicted octanol–water partition coefficient (Wildman–Crippen LogP) is 0.257. The summed E-state index contributed by atoms with van der Waals surface area (Å²) in [6.07, 6.45) is 0. The van der Waals surface area contributed by atoms with E-state index >= 15 is 0 Å². The van der Waals surface area contributed by atoms with Crippen LogP contribution in [0.5, 0.6) is 0 Å². The van der Waals surface area contributed by atoms with Crippen LogP contribution in [-0.4, -0.2) is 19.0 Å². The zero-order valence-corrected chi connectivity index (χ0v) is 7.66. The average molecular weight is 118 g/mol. The third kappa shape index (κ3) is 4.43. The third-order valence-electron chi connectivity index (χ3n) is 0.957. The van der Waals surface area contributed by atoms with Gasteiger partial charge in [-0.25, -0.2) is 0 Å². The molecule has 0 amide bonds. The van der Waals surface area contributed by atoms with E-state index in [1.807, 2.05) is 0 Å². The van der Waals surface area contributed by atoms with Gasteiger partial charge in [0.05, 0.1) is 0 Å². The summed E-state index contributed by atoms with van der Waals surface area (Å²) in [6.45, 7) is 4.79. The van der Waals surface area contributed by atoms with E-state index in [2.05, 4.69) is 13.1 Å². The lowest BCUT2D eigenvalue weighted by atomic mass is 10.9. The van der Waals surface area contributed by atoms with Crippen molar-refractivity contribution in [2.24, 2.45) is 0 Å². The first-order valence-electron chi connectivity index (χ1n) is 2.91. The molecular weight excluding hydrogens is 104 g/mol. The van der Waals surface area contributed by atoms with Crippen molar-refractivity contribution in [1.29, 1.82) is 0 Å². The molecule has 0 rings (SSSR count). The second-order valence-electron chi connectivity index (χ2n) is 1.71. The molecule has 0 spiro atoms. The van der Waals surface area contributed by atoms with E-state index in [0.29, 0.717) is 19.0 Å². The van der Waals surface area contributed by atoms with Crippen LogP contribution in [0.2, 0.25) is 25.2 Å². The summed E-state index contributed by atoms with van der Waals surface area (Å²) in [7, 11) is 0.875. The van der Waals surface area contributed by atoms with Crippen LogP contribution in [0.15, 0.2) is 0 Å². The summed E-state index contributed by atoms with van der Waals surface area (Å²) < 4.78 is 0. The van der Waals surface area contributed by atoms with Crippen LogP contribution >= 0.6 is 0 Å². The Bertz CT molecular complexity index is 17.5. The molecule has 0 atom stereocenters. The molecule has 0 saturated carbocycles. The Morgan fingerprint density at radius 2 is 1.33 bits per heavy atom. The Morgan fingerprint density at radius 3 is 1.50 bits per heavy atom. The van der Waals surface area contributed by atoms with E-state index in [4.69, 9.17) is 0 Å². The number of hydrogen-bond acceptors (Lipinski definition) is 0. The Morgan fingerprint density at radius 1 is 1.00 bits per heavy atom. The first-order chi connectivity index (χ1) is 2.91. The summed E-state index contributed by atoms with van der Waals surface area (Å²) in [6, 6.07) is 3.23. The quantitative estimate of drug-likeness (QED) is 0.368. The highest BCUT2D eigenvalue weighted by Crippen LogP contribution is 1.84. The lowest BCUT2D eigenvalue weighted by Gasteiger charge is -1.84. The second kappa shape index (κ2) is 5.43. The molecule has 0 heterocycles. The Labute approximate surface area is 45.0 Å². The van der Waals surface area contributed by atoms with Gasteiger partial charge in [0.2, 0.25) is 0 Å².